The predicted molar refractivity (Wildman–Crippen MR) is 101 cm³/mol. The highest BCUT2D eigenvalue weighted by Crippen LogP contribution is 2.18. The van der Waals surface area contributed by atoms with Crippen molar-refractivity contribution in [2.45, 2.75) is 13.1 Å². The van der Waals surface area contributed by atoms with E-state index in [-0.39, 0.29) is 11.1 Å². The Hall–Kier alpha value is -2.70. The van der Waals surface area contributed by atoms with E-state index in [0.717, 1.165) is 11.1 Å². The maximum absolute atomic E-state index is 12.7. The molecule has 26 heavy (non-hydrogen) atoms. The molecular formula is C18H13Cl2N5O. The molecule has 0 aliphatic heterocycles. The third kappa shape index (κ3) is 3.09. The van der Waals surface area contributed by atoms with Crippen LogP contribution in [0.5, 0.6) is 0 Å². The van der Waals surface area contributed by atoms with Gasteiger partial charge >= 0.3 is 0 Å². The van der Waals surface area contributed by atoms with Crippen molar-refractivity contribution in [1.82, 2.24) is 24.5 Å². The average Bonchev–Trinajstić information content (AvgIpc) is 3.05. The van der Waals surface area contributed by atoms with Gasteiger partial charge in [-0.25, -0.2) is 9.67 Å². The molecule has 0 aliphatic carbocycles. The van der Waals surface area contributed by atoms with Crippen molar-refractivity contribution in [1.29, 1.82) is 0 Å². The molecule has 2 aromatic carbocycles. The van der Waals surface area contributed by atoms with Crippen molar-refractivity contribution in [3.63, 3.8) is 0 Å². The lowest BCUT2D eigenvalue weighted by Gasteiger charge is -2.07. The average molecular weight is 386 g/mol. The summed E-state index contributed by atoms with van der Waals surface area (Å²) in [6.07, 6.45) is 1.49. The highest BCUT2D eigenvalue weighted by atomic mass is 35.5. The van der Waals surface area contributed by atoms with Gasteiger partial charge in [0.05, 0.1) is 13.1 Å². The third-order valence-electron chi connectivity index (χ3n) is 4.07. The van der Waals surface area contributed by atoms with E-state index in [1.165, 1.54) is 10.9 Å². The lowest BCUT2D eigenvalue weighted by atomic mass is 10.2. The Balaban J connectivity index is 1.71. The zero-order chi connectivity index (χ0) is 18.1. The number of benzene rings is 2. The third-order valence-corrected chi connectivity index (χ3v) is 4.81. The molecule has 0 saturated carbocycles. The van der Waals surface area contributed by atoms with Gasteiger partial charge < -0.3 is 0 Å². The first kappa shape index (κ1) is 16.8. The second kappa shape index (κ2) is 6.90. The summed E-state index contributed by atoms with van der Waals surface area (Å²) in [7, 11) is 0. The van der Waals surface area contributed by atoms with E-state index < -0.39 is 0 Å². The fourth-order valence-electron chi connectivity index (χ4n) is 2.70. The summed E-state index contributed by atoms with van der Waals surface area (Å²) in [6.45, 7) is 0.704. The van der Waals surface area contributed by atoms with Gasteiger partial charge in [-0.2, -0.15) is 0 Å². The van der Waals surface area contributed by atoms with Crippen LogP contribution in [0.25, 0.3) is 11.2 Å². The predicted octanol–water partition coefficient (Wildman–Crippen LogP) is 3.39. The van der Waals surface area contributed by atoms with Crippen LogP contribution in [0, 0.1) is 0 Å². The van der Waals surface area contributed by atoms with E-state index in [1.54, 1.807) is 16.8 Å². The Morgan fingerprint density at radius 2 is 1.50 bits per heavy atom. The number of fused-ring (bicyclic) bond motifs is 1. The molecule has 4 rings (SSSR count). The van der Waals surface area contributed by atoms with Gasteiger partial charge in [-0.3, -0.25) is 9.36 Å². The summed E-state index contributed by atoms with van der Waals surface area (Å²) >= 11 is 12.4. The minimum Gasteiger partial charge on any atom is -0.293 e. The Bertz CT molecular complexity index is 1150. The Morgan fingerprint density at radius 3 is 2.15 bits per heavy atom. The van der Waals surface area contributed by atoms with E-state index in [9.17, 15) is 4.79 Å². The van der Waals surface area contributed by atoms with E-state index in [1.807, 2.05) is 36.4 Å². The fourth-order valence-corrected chi connectivity index (χ4v) is 3.10. The zero-order valence-corrected chi connectivity index (χ0v) is 15.0. The lowest BCUT2D eigenvalue weighted by Crippen LogP contribution is -2.21. The van der Waals surface area contributed by atoms with Gasteiger partial charge in [0.1, 0.15) is 6.33 Å². The molecule has 130 valence electrons. The zero-order valence-electron chi connectivity index (χ0n) is 13.5. The van der Waals surface area contributed by atoms with Gasteiger partial charge in [0.15, 0.2) is 11.2 Å². The molecule has 2 heterocycles. The van der Waals surface area contributed by atoms with Crippen molar-refractivity contribution >= 4 is 34.4 Å². The Kier molecular flexibility index (Phi) is 4.44. The molecule has 0 bridgehead atoms. The van der Waals surface area contributed by atoms with Crippen LogP contribution in [0.4, 0.5) is 0 Å². The molecule has 0 spiro atoms. The first-order valence-corrected chi connectivity index (χ1v) is 8.64. The molecule has 0 saturated heterocycles. The summed E-state index contributed by atoms with van der Waals surface area (Å²) in [5.74, 6) is 0. The first-order valence-electron chi connectivity index (χ1n) is 7.89. The molecule has 0 unspecified atom stereocenters. The van der Waals surface area contributed by atoms with Crippen molar-refractivity contribution in [3.8, 4) is 0 Å². The standard InChI is InChI=1S/C18H13Cl2N5O/c19-14-7-3-1-5-12(14)9-24-11-21-17-16(18(24)26)22-23-25(17)10-13-6-2-4-8-15(13)20/h1-8,11H,9-10H2. The van der Waals surface area contributed by atoms with Crippen LogP contribution in [0.2, 0.25) is 10.0 Å². The minimum atomic E-state index is -0.264. The van der Waals surface area contributed by atoms with Gasteiger partial charge in [0.2, 0.25) is 0 Å². The lowest BCUT2D eigenvalue weighted by molar-refractivity contribution is 0.663. The van der Waals surface area contributed by atoms with Crippen LogP contribution in [0.15, 0.2) is 59.7 Å². The van der Waals surface area contributed by atoms with E-state index in [4.69, 9.17) is 23.2 Å². The largest absolute Gasteiger partial charge is 0.293 e. The number of aromatic nitrogens is 5. The monoisotopic (exact) mass is 385 g/mol. The summed E-state index contributed by atoms with van der Waals surface area (Å²) in [5, 5.41) is 9.30. The van der Waals surface area contributed by atoms with Crippen LogP contribution >= 0.6 is 23.2 Å². The second-order valence-electron chi connectivity index (χ2n) is 5.78. The number of halogens is 2. The molecule has 6 nitrogen and oxygen atoms in total. The molecule has 0 N–H and O–H groups in total. The number of hydrogen-bond acceptors (Lipinski definition) is 4. The summed E-state index contributed by atoms with van der Waals surface area (Å²) in [5.41, 5.74) is 2.08. The molecule has 0 radical (unpaired) electrons. The van der Waals surface area contributed by atoms with Crippen LogP contribution in [0.1, 0.15) is 11.1 Å². The van der Waals surface area contributed by atoms with Crippen LogP contribution < -0.4 is 5.56 Å². The van der Waals surface area contributed by atoms with E-state index in [0.29, 0.717) is 28.8 Å². The van der Waals surface area contributed by atoms with Gasteiger partial charge in [-0.1, -0.05) is 64.8 Å². The molecule has 0 atom stereocenters. The van der Waals surface area contributed by atoms with Gasteiger partial charge in [0.25, 0.3) is 5.56 Å². The quantitative estimate of drug-likeness (QED) is 0.539. The van der Waals surface area contributed by atoms with Gasteiger partial charge in [-0.15, -0.1) is 5.10 Å². The van der Waals surface area contributed by atoms with Crippen LogP contribution in [0.3, 0.4) is 0 Å². The van der Waals surface area contributed by atoms with E-state index >= 15 is 0 Å². The summed E-state index contributed by atoms with van der Waals surface area (Å²) < 4.78 is 3.04. The smallest absolute Gasteiger partial charge is 0.283 e. The maximum Gasteiger partial charge on any atom is 0.283 e. The minimum absolute atomic E-state index is 0.214. The first-order chi connectivity index (χ1) is 12.6. The molecule has 0 fully saturated rings. The highest BCUT2D eigenvalue weighted by molar-refractivity contribution is 6.31. The topological polar surface area (TPSA) is 65.6 Å². The molecule has 0 aliphatic rings. The SMILES string of the molecule is O=c1c2nnn(Cc3ccccc3Cl)c2ncn1Cc1ccccc1Cl. The van der Waals surface area contributed by atoms with Crippen molar-refractivity contribution in [2.75, 3.05) is 0 Å². The Morgan fingerprint density at radius 1 is 0.885 bits per heavy atom. The van der Waals surface area contributed by atoms with E-state index in [2.05, 4.69) is 15.3 Å². The molecule has 8 heteroatoms. The fraction of sp³-hybridized carbons (Fsp3) is 0.111. The van der Waals surface area contributed by atoms with Gasteiger partial charge in [-0.05, 0) is 23.3 Å². The van der Waals surface area contributed by atoms with Crippen LogP contribution in [-0.2, 0) is 13.1 Å². The number of hydrogen-bond donors (Lipinski definition) is 0. The second-order valence-corrected chi connectivity index (χ2v) is 6.59. The number of rotatable bonds is 4. The van der Waals surface area contributed by atoms with Crippen LogP contribution in [-0.4, -0.2) is 24.5 Å². The van der Waals surface area contributed by atoms with Crippen molar-refractivity contribution in [3.05, 3.63) is 86.4 Å². The number of nitrogens with zero attached hydrogens (tertiary/aromatic N) is 5. The molecule has 2 aromatic heterocycles. The summed E-state index contributed by atoms with van der Waals surface area (Å²) in [4.78, 5) is 17.1. The molecule has 0 amide bonds. The van der Waals surface area contributed by atoms with Crippen molar-refractivity contribution < 1.29 is 0 Å². The normalized spacial score (nSPS) is 11.2. The molecule has 4 aromatic rings. The summed E-state index contributed by atoms with van der Waals surface area (Å²) in [6, 6.07) is 14.8. The Labute approximate surface area is 158 Å². The highest BCUT2D eigenvalue weighted by Gasteiger charge is 2.14. The van der Waals surface area contributed by atoms with Crippen molar-refractivity contribution in [2.24, 2.45) is 0 Å². The molecular weight excluding hydrogens is 373 g/mol. The maximum atomic E-state index is 12.7. The van der Waals surface area contributed by atoms with Gasteiger partial charge in [0, 0.05) is 10.0 Å².